The van der Waals surface area contributed by atoms with Crippen molar-refractivity contribution in [2.75, 3.05) is 48.8 Å². The Morgan fingerprint density at radius 3 is 2.42 bits per heavy atom. The zero-order valence-corrected chi connectivity index (χ0v) is 20.2. The number of anilines is 2. The van der Waals surface area contributed by atoms with Gasteiger partial charge >= 0.3 is 6.09 Å². The van der Waals surface area contributed by atoms with E-state index in [1.54, 1.807) is 11.0 Å². The number of piperazine rings is 1. The van der Waals surface area contributed by atoms with Gasteiger partial charge in [-0.3, -0.25) is 9.69 Å². The van der Waals surface area contributed by atoms with Gasteiger partial charge in [-0.05, 0) is 50.6 Å². The van der Waals surface area contributed by atoms with Gasteiger partial charge < -0.3 is 14.5 Å². The van der Waals surface area contributed by atoms with E-state index in [2.05, 4.69) is 43.9 Å². The predicted molar refractivity (Wildman–Crippen MR) is 127 cm³/mol. The van der Waals surface area contributed by atoms with Gasteiger partial charge in [0.1, 0.15) is 6.61 Å². The highest BCUT2D eigenvalue weighted by Crippen LogP contribution is 2.29. The van der Waals surface area contributed by atoms with E-state index in [0.717, 1.165) is 11.9 Å². The molecule has 2 fully saturated rings. The number of benzene rings is 2. The Morgan fingerprint density at radius 1 is 1.06 bits per heavy atom. The Kier molecular flexibility index (Phi) is 6.09. The molecular formula is C24H29N3O5S. The first kappa shape index (κ1) is 23.1. The largest absolute Gasteiger partial charge is 0.447 e. The molecule has 0 spiro atoms. The summed E-state index contributed by atoms with van der Waals surface area (Å²) >= 11 is 0. The molecule has 0 aliphatic carbocycles. The second kappa shape index (κ2) is 8.70. The average molecular weight is 472 g/mol. The third-order valence-electron chi connectivity index (χ3n) is 6.24. The summed E-state index contributed by atoms with van der Waals surface area (Å²) in [5, 5.41) is 0. The molecule has 2 amide bonds. The maximum absolute atomic E-state index is 13.4. The minimum Gasteiger partial charge on any atom is -0.447 e. The van der Waals surface area contributed by atoms with E-state index in [9.17, 15) is 18.0 Å². The lowest BCUT2D eigenvalue weighted by molar-refractivity contribution is 0.0722. The van der Waals surface area contributed by atoms with E-state index >= 15 is 0 Å². The number of hydrogen-bond donors (Lipinski definition) is 0. The molecule has 0 saturated carbocycles. The van der Waals surface area contributed by atoms with E-state index in [1.807, 2.05) is 0 Å². The zero-order chi connectivity index (χ0) is 23.9. The van der Waals surface area contributed by atoms with Crippen molar-refractivity contribution in [2.45, 2.75) is 31.7 Å². The molecule has 0 unspecified atom stereocenters. The lowest BCUT2D eigenvalue weighted by atomic mass is 10.1. The number of sulfone groups is 1. The van der Waals surface area contributed by atoms with E-state index in [1.165, 1.54) is 28.2 Å². The normalized spacial score (nSPS) is 19.1. The Balaban J connectivity index is 1.58. The van der Waals surface area contributed by atoms with Crippen LogP contribution in [0, 0.1) is 13.8 Å². The molecule has 8 nitrogen and oxygen atoms in total. The molecule has 2 saturated heterocycles. The van der Waals surface area contributed by atoms with Crippen molar-refractivity contribution in [1.82, 2.24) is 4.90 Å². The smallest absolute Gasteiger partial charge is 0.414 e. The van der Waals surface area contributed by atoms with Gasteiger partial charge in [0.15, 0.2) is 9.84 Å². The van der Waals surface area contributed by atoms with Gasteiger partial charge in [0.25, 0.3) is 5.91 Å². The zero-order valence-electron chi connectivity index (χ0n) is 19.4. The number of nitrogens with zero attached hydrogens (tertiary/aromatic N) is 3. The van der Waals surface area contributed by atoms with E-state index in [-0.39, 0.29) is 29.0 Å². The number of carbonyl (C=O) groups excluding carboxylic acids is 2. The molecule has 0 N–H and O–H groups in total. The molecule has 176 valence electrons. The summed E-state index contributed by atoms with van der Waals surface area (Å²) in [6.07, 6.45) is 0.552. The van der Waals surface area contributed by atoms with Crippen LogP contribution in [0.3, 0.4) is 0 Å². The van der Waals surface area contributed by atoms with Crippen LogP contribution in [0.5, 0.6) is 0 Å². The molecule has 2 heterocycles. The van der Waals surface area contributed by atoms with Crippen LogP contribution >= 0.6 is 0 Å². The second-order valence-corrected chi connectivity index (χ2v) is 10.8. The fourth-order valence-electron chi connectivity index (χ4n) is 4.59. The lowest BCUT2D eigenvalue weighted by Crippen LogP contribution is -2.54. The maximum atomic E-state index is 13.4. The highest BCUT2D eigenvalue weighted by molar-refractivity contribution is 7.90. The number of aryl methyl sites for hydroxylation is 2. The number of amides is 2. The van der Waals surface area contributed by atoms with E-state index in [4.69, 9.17) is 4.74 Å². The fourth-order valence-corrected chi connectivity index (χ4v) is 5.48. The summed E-state index contributed by atoms with van der Waals surface area (Å²) in [5.41, 5.74) is 4.08. The molecule has 4 rings (SSSR count). The van der Waals surface area contributed by atoms with E-state index < -0.39 is 15.9 Å². The molecule has 1 atom stereocenters. The SMILES string of the molecule is Cc1ccc(N2CCN(C(=O)c3ccc(N4CCOC4=O)cc3S(C)(=O)=O)C[C@H]2C)c(C)c1. The molecule has 9 heteroatoms. The standard InChI is InChI=1S/C24H29N3O5S/c1-16-5-8-21(17(2)13-16)26-10-9-25(15-18(26)3)23(28)20-7-6-19(14-22(20)33(4,30)31)27-11-12-32-24(27)29/h5-8,13-14,18H,9-12,15H2,1-4H3/t18-/m1/s1. The Labute approximate surface area is 194 Å². The van der Waals surface area contributed by atoms with Crippen LogP contribution < -0.4 is 9.80 Å². The van der Waals surface area contributed by atoms with Crippen molar-refractivity contribution in [1.29, 1.82) is 0 Å². The predicted octanol–water partition coefficient (Wildman–Crippen LogP) is 3.01. The van der Waals surface area contributed by atoms with Crippen LogP contribution in [0.4, 0.5) is 16.2 Å². The second-order valence-electron chi connectivity index (χ2n) is 8.80. The first-order valence-corrected chi connectivity index (χ1v) is 12.9. The molecule has 0 bridgehead atoms. The lowest BCUT2D eigenvalue weighted by Gasteiger charge is -2.42. The van der Waals surface area contributed by atoms with Crippen LogP contribution in [0.15, 0.2) is 41.3 Å². The van der Waals surface area contributed by atoms with Crippen LogP contribution in [0.1, 0.15) is 28.4 Å². The molecule has 2 aliphatic heterocycles. The Bertz CT molecular complexity index is 1210. The molecule has 2 aromatic rings. The van der Waals surface area contributed by atoms with Crippen LogP contribution in [0.25, 0.3) is 0 Å². The first-order valence-electron chi connectivity index (χ1n) is 11.0. The van der Waals surface area contributed by atoms with Crippen molar-refractivity contribution in [3.8, 4) is 0 Å². The quantitative estimate of drug-likeness (QED) is 0.681. The number of hydrogen-bond acceptors (Lipinski definition) is 6. The maximum Gasteiger partial charge on any atom is 0.414 e. The number of ether oxygens (including phenoxy) is 1. The van der Waals surface area contributed by atoms with Gasteiger partial charge in [-0.1, -0.05) is 17.7 Å². The molecular weight excluding hydrogens is 442 g/mol. The molecule has 0 aromatic heterocycles. The molecule has 33 heavy (non-hydrogen) atoms. The summed E-state index contributed by atoms with van der Waals surface area (Å²) in [6.45, 7) is 8.43. The Hall–Kier alpha value is -3.07. The number of cyclic esters (lactones) is 1. The number of rotatable bonds is 4. The molecule has 2 aliphatic rings. The average Bonchev–Trinajstić information content (AvgIpc) is 3.18. The highest BCUT2D eigenvalue weighted by Gasteiger charge is 2.32. The Morgan fingerprint density at radius 2 is 1.82 bits per heavy atom. The van der Waals surface area contributed by atoms with Crippen molar-refractivity contribution < 1.29 is 22.7 Å². The van der Waals surface area contributed by atoms with Crippen molar-refractivity contribution >= 4 is 33.2 Å². The summed E-state index contributed by atoms with van der Waals surface area (Å²) in [5.74, 6) is -0.321. The van der Waals surface area contributed by atoms with Gasteiger partial charge in [0.05, 0.1) is 17.0 Å². The summed E-state index contributed by atoms with van der Waals surface area (Å²) in [4.78, 5) is 30.6. The van der Waals surface area contributed by atoms with Crippen molar-refractivity contribution in [2.24, 2.45) is 0 Å². The van der Waals surface area contributed by atoms with Gasteiger partial charge in [-0.15, -0.1) is 0 Å². The van der Waals surface area contributed by atoms with Crippen molar-refractivity contribution in [3.05, 3.63) is 53.1 Å². The van der Waals surface area contributed by atoms with Crippen molar-refractivity contribution in [3.63, 3.8) is 0 Å². The minimum atomic E-state index is -3.70. The van der Waals surface area contributed by atoms with Crippen LogP contribution in [-0.4, -0.2) is 70.4 Å². The van der Waals surface area contributed by atoms with Gasteiger partial charge in [0, 0.05) is 43.3 Å². The molecule has 2 aromatic carbocycles. The monoisotopic (exact) mass is 471 g/mol. The van der Waals surface area contributed by atoms with Gasteiger partial charge in [-0.2, -0.15) is 0 Å². The topological polar surface area (TPSA) is 87.2 Å². The minimum absolute atomic E-state index is 0.0735. The summed E-state index contributed by atoms with van der Waals surface area (Å²) < 4.78 is 30.0. The third-order valence-corrected chi connectivity index (χ3v) is 7.38. The van der Waals surface area contributed by atoms with Crippen LogP contribution in [-0.2, 0) is 14.6 Å². The van der Waals surface area contributed by atoms with Gasteiger partial charge in [0.2, 0.25) is 0 Å². The van der Waals surface area contributed by atoms with E-state index in [0.29, 0.717) is 31.9 Å². The van der Waals surface area contributed by atoms with Gasteiger partial charge in [-0.25, -0.2) is 13.2 Å². The summed E-state index contributed by atoms with van der Waals surface area (Å²) in [7, 11) is -3.70. The van der Waals surface area contributed by atoms with Crippen LogP contribution in [0.2, 0.25) is 0 Å². The first-order chi connectivity index (χ1) is 15.6. The fraction of sp³-hybridized carbons (Fsp3) is 0.417. The highest BCUT2D eigenvalue weighted by atomic mass is 32.2. The summed E-state index contributed by atoms with van der Waals surface area (Å²) in [6, 6.07) is 10.9. The molecule has 0 radical (unpaired) electrons. The number of carbonyl (C=O) groups is 2. The third kappa shape index (κ3) is 4.55.